The molecule has 0 rings (SSSR count). The Morgan fingerprint density at radius 2 is 1.88 bits per heavy atom. The molecule has 0 aliphatic rings. The predicted molar refractivity (Wildman–Crippen MR) is 76.5 cm³/mol. The molecule has 0 aromatic heterocycles. The Morgan fingerprint density at radius 3 is 2.47 bits per heavy atom. The van der Waals surface area contributed by atoms with E-state index >= 15 is 0 Å². The third-order valence-corrected chi connectivity index (χ3v) is 3.40. The van der Waals surface area contributed by atoms with Crippen molar-refractivity contribution in [1.82, 2.24) is 5.32 Å². The molecule has 0 heterocycles. The number of hydrogen-bond acceptors (Lipinski definition) is 2. The predicted octanol–water partition coefficient (Wildman–Crippen LogP) is 4.00. The highest BCUT2D eigenvalue weighted by atomic mass is 16.5. The van der Waals surface area contributed by atoms with E-state index in [-0.39, 0.29) is 0 Å². The third-order valence-electron chi connectivity index (χ3n) is 3.40. The molecule has 0 fully saturated rings. The van der Waals surface area contributed by atoms with Gasteiger partial charge in [0, 0.05) is 26.3 Å². The molecule has 1 N–H and O–H groups in total. The van der Waals surface area contributed by atoms with Gasteiger partial charge in [0.15, 0.2) is 0 Å². The Hall–Kier alpha value is -0.0800. The summed E-state index contributed by atoms with van der Waals surface area (Å²) in [5, 5.41) is 3.65. The summed E-state index contributed by atoms with van der Waals surface area (Å²) in [7, 11) is 1.78. The van der Waals surface area contributed by atoms with Crippen molar-refractivity contribution in [3.63, 3.8) is 0 Å². The van der Waals surface area contributed by atoms with Gasteiger partial charge in [0.25, 0.3) is 0 Å². The zero-order valence-corrected chi connectivity index (χ0v) is 12.6. The van der Waals surface area contributed by atoms with Crippen LogP contribution in [-0.4, -0.2) is 26.3 Å². The highest BCUT2D eigenvalue weighted by Gasteiger charge is 2.17. The van der Waals surface area contributed by atoms with Crippen molar-refractivity contribution in [3.8, 4) is 0 Å². The van der Waals surface area contributed by atoms with Gasteiger partial charge < -0.3 is 10.1 Å². The second-order valence-electron chi connectivity index (χ2n) is 6.04. The number of nitrogens with one attached hydrogen (secondary N) is 1. The molecule has 0 bridgehead atoms. The first-order valence-electron chi connectivity index (χ1n) is 7.24. The molecule has 2 nitrogen and oxygen atoms in total. The van der Waals surface area contributed by atoms with Gasteiger partial charge in [0.1, 0.15) is 0 Å². The van der Waals surface area contributed by atoms with Crippen LogP contribution in [0.15, 0.2) is 0 Å². The molecule has 17 heavy (non-hydrogen) atoms. The summed E-state index contributed by atoms with van der Waals surface area (Å²) in [5.41, 5.74) is 0.341. The Bertz CT molecular complexity index is 168. The van der Waals surface area contributed by atoms with Gasteiger partial charge in [0.2, 0.25) is 0 Å². The van der Waals surface area contributed by atoms with Crippen molar-refractivity contribution in [2.45, 2.75) is 72.3 Å². The molecule has 104 valence electrons. The lowest BCUT2D eigenvalue weighted by molar-refractivity contribution is 0.149. The molecule has 0 aliphatic heterocycles. The van der Waals surface area contributed by atoms with E-state index in [1.165, 1.54) is 32.1 Å². The van der Waals surface area contributed by atoms with Crippen LogP contribution in [0, 0.1) is 5.41 Å². The molecule has 0 saturated heterocycles. The maximum Gasteiger partial charge on any atom is 0.0467 e. The third kappa shape index (κ3) is 10.8. The Kier molecular flexibility index (Phi) is 9.85. The van der Waals surface area contributed by atoms with E-state index in [1.807, 2.05) is 0 Å². The highest BCUT2D eigenvalue weighted by Crippen LogP contribution is 2.19. The van der Waals surface area contributed by atoms with Gasteiger partial charge in [-0.05, 0) is 25.2 Å². The minimum absolute atomic E-state index is 0.341. The fraction of sp³-hybridized carbons (Fsp3) is 1.00. The second-order valence-corrected chi connectivity index (χ2v) is 6.04. The maximum atomic E-state index is 5.15. The van der Waals surface area contributed by atoms with Gasteiger partial charge in [-0.1, -0.05) is 46.5 Å². The average molecular weight is 243 g/mol. The molecule has 0 saturated carbocycles. The van der Waals surface area contributed by atoms with E-state index in [2.05, 4.69) is 33.0 Å². The first kappa shape index (κ1) is 16.9. The fourth-order valence-corrected chi connectivity index (χ4v) is 1.90. The van der Waals surface area contributed by atoms with Crippen molar-refractivity contribution >= 4 is 0 Å². The molecule has 1 atom stereocenters. The number of ether oxygens (including phenoxy) is 1. The van der Waals surface area contributed by atoms with Crippen molar-refractivity contribution in [2.75, 3.05) is 20.3 Å². The smallest absolute Gasteiger partial charge is 0.0467 e. The number of hydrogen-bond donors (Lipinski definition) is 1. The first-order chi connectivity index (χ1) is 8.02. The van der Waals surface area contributed by atoms with Crippen molar-refractivity contribution in [2.24, 2.45) is 5.41 Å². The van der Waals surface area contributed by atoms with Gasteiger partial charge >= 0.3 is 0 Å². The number of rotatable bonds is 11. The van der Waals surface area contributed by atoms with Crippen LogP contribution >= 0.6 is 0 Å². The Labute approximate surface area is 109 Å². The Balaban J connectivity index is 3.56. The van der Waals surface area contributed by atoms with E-state index in [0.29, 0.717) is 11.5 Å². The normalized spacial score (nSPS) is 13.9. The zero-order valence-electron chi connectivity index (χ0n) is 12.6. The minimum atomic E-state index is 0.341. The van der Waals surface area contributed by atoms with Crippen molar-refractivity contribution < 1.29 is 4.74 Å². The van der Waals surface area contributed by atoms with Crippen LogP contribution in [0.3, 0.4) is 0 Å². The summed E-state index contributed by atoms with van der Waals surface area (Å²) in [4.78, 5) is 0. The van der Waals surface area contributed by atoms with Crippen LogP contribution < -0.4 is 5.32 Å². The second kappa shape index (κ2) is 9.90. The highest BCUT2D eigenvalue weighted by molar-refractivity contribution is 4.73. The van der Waals surface area contributed by atoms with Crippen LogP contribution in [-0.2, 0) is 4.74 Å². The topological polar surface area (TPSA) is 21.3 Å². The Morgan fingerprint density at radius 1 is 1.18 bits per heavy atom. The maximum absolute atomic E-state index is 5.15. The standard InChI is InChI=1S/C15H33NO/c1-6-7-8-9-10-14(2)16-13-15(3,4)11-12-17-5/h14,16H,6-13H2,1-5H3. The molecule has 2 heteroatoms. The molecule has 0 aromatic rings. The van der Waals surface area contributed by atoms with Crippen molar-refractivity contribution in [1.29, 1.82) is 0 Å². The molecule has 0 amide bonds. The molecule has 0 aliphatic carbocycles. The summed E-state index contributed by atoms with van der Waals surface area (Å²) < 4.78 is 5.15. The summed E-state index contributed by atoms with van der Waals surface area (Å²) >= 11 is 0. The molecular weight excluding hydrogens is 210 g/mol. The van der Waals surface area contributed by atoms with Crippen LogP contribution in [0.1, 0.15) is 66.2 Å². The van der Waals surface area contributed by atoms with E-state index in [4.69, 9.17) is 4.74 Å². The van der Waals surface area contributed by atoms with Crippen LogP contribution in [0.25, 0.3) is 0 Å². The van der Waals surface area contributed by atoms with Crippen LogP contribution in [0.2, 0.25) is 0 Å². The van der Waals surface area contributed by atoms with Gasteiger partial charge in [-0.2, -0.15) is 0 Å². The zero-order chi connectivity index (χ0) is 13.1. The fourth-order valence-electron chi connectivity index (χ4n) is 1.90. The lowest BCUT2D eigenvalue weighted by atomic mass is 9.89. The monoisotopic (exact) mass is 243 g/mol. The molecule has 0 spiro atoms. The molecular formula is C15H33NO. The quantitative estimate of drug-likeness (QED) is 0.554. The van der Waals surface area contributed by atoms with Gasteiger partial charge in [-0.15, -0.1) is 0 Å². The van der Waals surface area contributed by atoms with E-state index in [1.54, 1.807) is 7.11 Å². The van der Waals surface area contributed by atoms with Gasteiger partial charge in [-0.25, -0.2) is 0 Å². The largest absolute Gasteiger partial charge is 0.385 e. The van der Waals surface area contributed by atoms with Crippen LogP contribution in [0.5, 0.6) is 0 Å². The lowest BCUT2D eigenvalue weighted by Gasteiger charge is -2.27. The molecule has 0 radical (unpaired) electrons. The van der Waals surface area contributed by atoms with E-state index in [9.17, 15) is 0 Å². The summed E-state index contributed by atoms with van der Waals surface area (Å²) in [6, 6.07) is 0.647. The number of unbranched alkanes of at least 4 members (excludes halogenated alkanes) is 3. The minimum Gasteiger partial charge on any atom is -0.385 e. The van der Waals surface area contributed by atoms with Gasteiger partial charge in [-0.3, -0.25) is 0 Å². The summed E-state index contributed by atoms with van der Waals surface area (Å²) in [5.74, 6) is 0. The van der Waals surface area contributed by atoms with Gasteiger partial charge in [0.05, 0.1) is 0 Å². The van der Waals surface area contributed by atoms with Crippen molar-refractivity contribution in [3.05, 3.63) is 0 Å². The average Bonchev–Trinajstić information content (AvgIpc) is 2.30. The SMILES string of the molecule is CCCCCCC(C)NCC(C)(C)CCOC. The number of methoxy groups -OCH3 is 1. The van der Waals surface area contributed by atoms with E-state index in [0.717, 1.165) is 19.6 Å². The van der Waals surface area contributed by atoms with E-state index < -0.39 is 0 Å². The lowest BCUT2D eigenvalue weighted by Crippen LogP contribution is -2.36. The first-order valence-corrected chi connectivity index (χ1v) is 7.24. The summed E-state index contributed by atoms with van der Waals surface area (Å²) in [6.07, 6.45) is 7.88. The molecule has 0 aromatic carbocycles. The summed E-state index contributed by atoms with van der Waals surface area (Å²) in [6.45, 7) is 11.1. The molecule has 1 unspecified atom stereocenters. The van der Waals surface area contributed by atoms with Crippen LogP contribution in [0.4, 0.5) is 0 Å².